The first-order valence-corrected chi connectivity index (χ1v) is 10.6. The number of hydrogen-bond donors (Lipinski definition) is 0. The SMILES string of the molecule is Clc1ccc(N=c2scc(-c3ccc(Br)cc3)n2CC2CCCO2)cc1. The molecule has 0 radical (unpaired) electrons. The molecule has 1 aliphatic rings. The smallest absolute Gasteiger partial charge is 0.190 e. The lowest BCUT2D eigenvalue weighted by atomic mass is 10.1. The van der Waals surface area contributed by atoms with Gasteiger partial charge in [0, 0.05) is 21.5 Å². The molecule has 0 aliphatic carbocycles. The number of nitrogens with zero attached hydrogens (tertiary/aromatic N) is 2. The summed E-state index contributed by atoms with van der Waals surface area (Å²) >= 11 is 11.2. The summed E-state index contributed by atoms with van der Waals surface area (Å²) in [6.07, 6.45) is 2.48. The van der Waals surface area contributed by atoms with Gasteiger partial charge >= 0.3 is 0 Å². The van der Waals surface area contributed by atoms with E-state index >= 15 is 0 Å². The maximum atomic E-state index is 5.99. The Labute approximate surface area is 170 Å². The summed E-state index contributed by atoms with van der Waals surface area (Å²) in [6.45, 7) is 1.67. The second kappa shape index (κ2) is 8.09. The average molecular weight is 450 g/mol. The van der Waals surface area contributed by atoms with Gasteiger partial charge in [0.2, 0.25) is 0 Å². The topological polar surface area (TPSA) is 26.5 Å². The largest absolute Gasteiger partial charge is 0.376 e. The molecule has 1 unspecified atom stereocenters. The highest BCUT2D eigenvalue weighted by Crippen LogP contribution is 2.25. The monoisotopic (exact) mass is 448 g/mol. The lowest BCUT2D eigenvalue weighted by molar-refractivity contribution is 0.0968. The Balaban J connectivity index is 1.77. The third-order valence-corrected chi connectivity index (χ3v) is 6.04. The predicted molar refractivity (Wildman–Crippen MR) is 111 cm³/mol. The molecule has 6 heteroatoms. The van der Waals surface area contributed by atoms with Crippen molar-refractivity contribution in [2.45, 2.75) is 25.5 Å². The molecule has 0 N–H and O–H groups in total. The van der Waals surface area contributed by atoms with Crippen molar-refractivity contribution in [2.24, 2.45) is 4.99 Å². The second-order valence-electron chi connectivity index (χ2n) is 6.24. The van der Waals surface area contributed by atoms with E-state index in [1.807, 2.05) is 24.3 Å². The standard InChI is InChI=1S/C20H18BrClN2OS/c21-15-5-3-14(4-6-15)19-13-26-20(23-17-9-7-16(22)8-10-17)24(19)12-18-2-1-11-25-18/h3-10,13,18H,1-2,11-12H2. The van der Waals surface area contributed by atoms with Gasteiger partial charge in [0.15, 0.2) is 4.80 Å². The van der Waals surface area contributed by atoms with E-state index in [2.05, 4.69) is 50.1 Å². The molecule has 3 nitrogen and oxygen atoms in total. The summed E-state index contributed by atoms with van der Waals surface area (Å²) in [5, 5.41) is 2.89. The zero-order valence-corrected chi connectivity index (χ0v) is 17.2. The third kappa shape index (κ3) is 4.12. The van der Waals surface area contributed by atoms with Crippen LogP contribution in [0.25, 0.3) is 11.3 Å². The van der Waals surface area contributed by atoms with Crippen molar-refractivity contribution in [1.29, 1.82) is 0 Å². The summed E-state index contributed by atoms with van der Waals surface area (Å²) in [5.41, 5.74) is 3.26. The molecule has 2 aromatic carbocycles. The normalized spacial score (nSPS) is 17.8. The molecule has 1 atom stereocenters. The third-order valence-electron chi connectivity index (χ3n) is 4.40. The predicted octanol–water partition coefficient (Wildman–Crippen LogP) is 6.04. The minimum Gasteiger partial charge on any atom is -0.376 e. The van der Waals surface area contributed by atoms with Crippen LogP contribution >= 0.6 is 38.9 Å². The molecular formula is C20H18BrClN2OS. The van der Waals surface area contributed by atoms with E-state index in [0.717, 1.165) is 46.0 Å². The molecule has 1 fully saturated rings. The number of hydrogen-bond acceptors (Lipinski definition) is 3. The molecule has 1 aliphatic heterocycles. The highest BCUT2D eigenvalue weighted by Gasteiger charge is 2.19. The molecule has 26 heavy (non-hydrogen) atoms. The highest BCUT2D eigenvalue weighted by molar-refractivity contribution is 9.10. The Hall–Kier alpha value is -1.40. The second-order valence-corrected chi connectivity index (χ2v) is 8.43. The highest BCUT2D eigenvalue weighted by atomic mass is 79.9. The van der Waals surface area contributed by atoms with Crippen molar-refractivity contribution in [2.75, 3.05) is 6.61 Å². The van der Waals surface area contributed by atoms with Crippen LogP contribution < -0.4 is 4.80 Å². The van der Waals surface area contributed by atoms with Gasteiger partial charge in [-0.3, -0.25) is 0 Å². The van der Waals surface area contributed by atoms with Gasteiger partial charge in [-0.15, -0.1) is 11.3 Å². The van der Waals surface area contributed by atoms with Gasteiger partial charge in [0.1, 0.15) is 0 Å². The van der Waals surface area contributed by atoms with Crippen molar-refractivity contribution in [1.82, 2.24) is 4.57 Å². The maximum absolute atomic E-state index is 5.99. The van der Waals surface area contributed by atoms with Gasteiger partial charge in [-0.05, 0) is 54.8 Å². The molecule has 0 bridgehead atoms. The fourth-order valence-electron chi connectivity index (χ4n) is 3.06. The van der Waals surface area contributed by atoms with Gasteiger partial charge in [0.05, 0.1) is 24.0 Å². The quantitative estimate of drug-likeness (QED) is 0.476. The summed E-state index contributed by atoms with van der Waals surface area (Å²) in [4.78, 5) is 5.82. The number of rotatable bonds is 4. The lowest BCUT2D eigenvalue weighted by Crippen LogP contribution is -2.24. The summed E-state index contributed by atoms with van der Waals surface area (Å²) in [5.74, 6) is 0. The van der Waals surface area contributed by atoms with Crippen LogP contribution in [-0.4, -0.2) is 17.3 Å². The minimum atomic E-state index is 0.253. The van der Waals surface area contributed by atoms with Crippen molar-refractivity contribution < 1.29 is 4.74 Å². The van der Waals surface area contributed by atoms with Gasteiger partial charge < -0.3 is 9.30 Å². The average Bonchev–Trinajstić information content (AvgIpc) is 3.29. The Morgan fingerprint density at radius 1 is 1.15 bits per heavy atom. The summed E-state index contributed by atoms with van der Waals surface area (Å²) in [7, 11) is 0. The molecule has 1 aromatic heterocycles. The van der Waals surface area contributed by atoms with Crippen LogP contribution in [-0.2, 0) is 11.3 Å². The molecule has 0 amide bonds. The van der Waals surface area contributed by atoms with Crippen LogP contribution in [0.4, 0.5) is 5.69 Å². The Morgan fingerprint density at radius 3 is 2.62 bits per heavy atom. The van der Waals surface area contributed by atoms with Crippen LogP contribution in [0.3, 0.4) is 0 Å². The molecule has 1 saturated heterocycles. The fraction of sp³-hybridized carbons (Fsp3) is 0.250. The molecule has 0 saturated carbocycles. The van der Waals surface area contributed by atoms with E-state index < -0.39 is 0 Å². The maximum Gasteiger partial charge on any atom is 0.190 e. The summed E-state index contributed by atoms with van der Waals surface area (Å²) in [6, 6.07) is 16.0. The van der Waals surface area contributed by atoms with E-state index in [-0.39, 0.29) is 6.10 Å². The van der Waals surface area contributed by atoms with Gasteiger partial charge in [0.25, 0.3) is 0 Å². The first-order valence-electron chi connectivity index (χ1n) is 8.55. The van der Waals surface area contributed by atoms with Crippen LogP contribution in [0.1, 0.15) is 12.8 Å². The van der Waals surface area contributed by atoms with Gasteiger partial charge in [-0.2, -0.15) is 0 Å². The lowest BCUT2D eigenvalue weighted by Gasteiger charge is -2.14. The van der Waals surface area contributed by atoms with E-state index in [1.165, 1.54) is 11.3 Å². The van der Waals surface area contributed by atoms with Crippen molar-refractivity contribution in [3.63, 3.8) is 0 Å². The van der Waals surface area contributed by atoms with Crippen LogP contribution in [0.2, 0.25) is 5.02 Å². The van der Waals surface area contributed by atoms with E-state index in [4.69, 9.17) is 21.3 Å². The molecule has 3 aromatic rings. The fourth-order valence-corrected chi connectivity index (χ4v) is 4.39. The first-order chi connectivity index (χ1) is 12.7. The van der Waals surface area contributed by atoms with Crippen molar-refractivity contribution in [3.05, 3.63) is 68.2 Å². The van der Waals surface area contributed by atoms with Gasteiger partial charge in [-0.25, -0.2) is 4.99 Å². The molecule has 134 valence electrons. The number of aromatic nitrogens is 1. The Kier molecular flexibility index (Phi) is 5.60. The molecule has 0 spiro atoms. The van der Waals surface area contributed by atoms with E-state index in [1.54, 1.807) is 11.3 Å². The number of thiazole rings is 1. The molecule has 2 heterocycles. The van der Waals surface area contributed by atoms with Crippen LogP contribution in [0.15, 0.2) is 63.4 Å². The first kappa shape index (κ1) is 18.0. The number of ether oxygens (including phenoxy) is 1. The van der Waals surface area contributed by atoms with Crippen LogP contribution in [0, 0.1) is 0 Å². The number of halogens is 2. The van der Waals surface area contributed by atoms with E-state index in [0.29, 0.717) is 0 Å². The molecular weight excluding hydrogens is 432 g/mol. The minimum absolute atomic E-state index is 0.253. The zero-order valence-electron chi connectivity index (χ0n) is 14.1. The Morgan fingerprint density at radius 2 is 1.92 bits per heavy atom. The van der Waals surface area contributed by atoms with Crippen molar-refractivity contribution >= 4 is 44.6 Å². The number of benzene rings is 2. The summed E-state index contributed by atoms with van der Waals surface area (Å²) < 4.78 is 9.23. The van der Waals surface area contributed by atoms with E-state index in [9.17, 15) is 0 Å². The van der Waals surface area contributed by atoms with Crippen LogP contribution in [0.5, 0.6) is 0 Å². The zero-order chi connectivity index (χ0) is 17.9. The van der Waals surface area contributed by atoms with Gasteiger partial charge in [-0.1, -0.05) is 39.7 Å². The molecule has 4 rings (SSSR count). The van der Waals surface area contributed by atoms with Crippen molar-refractivity contribution in [3.8, 4) is 11.3 Å². The Bertz CT molecular complexity index is 941.